The second-order valence-electron chi connectivity index (χ2n) is 3.54. The molecule has 0 unspecified atom stereocenters. The molecule has 0 bridgehead atoms. The maximum absolute atomic E-state index is 11.9. The van der Waals surface area contributed by atoms with E-state index >= 15 is 0 Å². The number of hydrogen-bond acceptors (Lipinski definition) is 4. The zero-order chi connectivity index (χ0) is 12.3. The van der Waals surface area contributed by atoms with E-state index in [4.69, 9.17) is 5.73 Å². The number of hydrogen-bond donors (Lipinski definition) is 2. The van der Waals surface area contributed by atoms with Crippen LogP contribution >= 0.6 is 11.3 Å². The van der Waals surface area contributed by atoms with Gasteiger partial charge in [0, 0.05) is 11.1 Å². The average molecular weight is 247 g/mol. The SMILES string of the molecule is CCc1ccccc1NC(=O)c1csc(N)n1. The summed E-state index contributed by atoms with van der Waals surface area (Å²) in [5, 5.41) is 4.89. The van der Waals surface area contributed by atoms with Crippen LogP contribution < -0.4 is 11.1 Å². The second-order valence-corrected chi connectivity index (χ2v) is 4.43. The third kappa shape index (κ3) is 2.62. The van der Waals surface area contributed by atoms with E-state index in [0.29, 0.717) is 10.8 Å². The van der Waals surface area contributed by atoms with Gasteiger partial charge >= 0.3 is 0 Å². The predicted molar refractivity (Wildman–Crippen MR) is 70.3 cm³/mol. The number of para-hydroxylation sites is 1. The van der Waals surface area contributed by atoms with E-state index in [9.17, 15) is 4.79 Å². The van der Waals surface area contributed by atoms with Crippen LogP contribution in [0.4, 0.5) is 10.8 Å². The van der Waals surface area contributed by atoms with E-state index in [-0.39, 0.29) is 5.91 Å². The quantitative estimate of drug-likeness (QED) is 0.875. The Morgan fingerprint density at radius 3 is 2.88 bits per heavy atom. The molecular formula is C12H13N3OS. The number of nitrogen functional groups attached to an aromatic ring is 1. The summed E-state index contributed by atoms with van der Waals surface area (Å²) < 4.78 is 0. The van der Waals surface area contributed by atoms with Crippen LogP contribution in [0, 0.1) is 0 Å². The number of thiazole rings is 1. The van der Waals surface area contributed by atoms with Crippen LogP contribution in [-0.2, 0) is 6.42 Å². The molecular weight excluding hydrogens is 234 g/mol. The van der Waals surface area contributed by atoms with Gasteiger partial charge in [0.25, 0.3) is 5.91 Å². The van der Waals surface area contributed by atoms with E-state index < -0.39 is 0 Å². The first-order chi connectivity index (χ1) is 8.20. The molecule has 2 aromatic rings. The lowest BCUT2D eigenvalue weighted by Gasteiger charge is -2.07. The molecule has 17 heavy (non-hydrogen) atoms. The highest BCUT2D eigenvalue weighted by atomic mass is 32.1. The number of aromatic nitrogens is 1. The van der Waals surface area contributed by atoms with Crippen LogP contribution in [0.3, 0.4) is 0 Å². The zero-order valence-corrected chi connectivity index (χ0v) is 10.3. The van der Waals surface area contributed by atoms with E-state index in [2.05, 4.69) is 10.3 Å². The number of amides is 1. The van der Waals surface area contributed by atoms with Crippen LogP contribution in [0.5, 0.6) is 0 Å². The Morgan fingerprint density at radius 2 is 2.24 bits per heavy atom. The van der Waals surface area contributed by atoms with Crippen molar-refractivity contribution in [1.29, 1.82) is 0 Å². The maximum Gasteiger partial charge on any atom is 0.275 e. The number of nitrogens with zero attached hydrogens (tertiary/aromatic N) is 1. The average Bonchev–Trinajstić information content (AvgIpc) is 2.77. The number of carbonyl (C=O) groups is 1. The van der Waals surface area contributed by atoms with Crippen LogP contribution in [0.25, 0.3) is 0 Å². The number of benzene rings is 1. The van der Waals surface area contributed by atoms with Crippen LogP contribution in [0.1, 0.15) is 23.0 Å². The number of anilines is 2. The molecule has 2 rings (SSSR count). The first-order valence-corrected chi connectivity index (χ1v) is 6.19. The third-order valence-corrected chi connectivity index (χ3v) is 3.07. The molecule has 1 aromatic carbocycles. The molecule has 1 heterocycles. The molecule has 1 aromatic heterocycles. The van der Waals surface area contributed by atoms with Gasteiger partial charge in [-0.1, -0.05) is 25.1 Å². The largest absolute Gasteiger partial charge is 0.375 e. The lowest BCUT2D eigenvalue weighted by atomic mass is 10.1. The van der Waals surface area contributed by atoms with Gasteiger partial charge in [-0.2, -0.15) is 0 Å². The van der Waals surface area contributed by atoms with Crippen molar-refractivity contribution in [2.75, 3.05) is 11.1 Å². The molecule has 0 aliphatic heterocycles. The monoisotopic (exact) mass is 247 g/mol. The Hall–Kier alpha value is -1.88. The number of carbonyl (C=O) groups excluding carboxylic acids is 1. The van der Waals surface area contributed by atoms with Gasteiger partial charge in [0.2, 0.25) is 0 Å². The summed E-state index contributed by atoms with van der Waals surface area (Å²) in [4.78, 5) is 15.8. The molecule has 0 fully saturated rings. The summed E-state index contributed by atoms with van der Waals surface area (Å²) in [7, 11) is 0. The van der Waals surface area contributed by atoms with E-state index in [1.165, 1.54) is 11.3 Å². The Balaban J connectivity index is 2.18. The van der Waals surface area contributed by atoms with Crippen LogP contribution in [-0.4, -0.2) is 10.9 Å². The summed E-state index contributed by atoms with van der Waals surface area (Å²) in [5.74, 6) is -0.223. The highest BCUT2D eigenvalue weighted by Crippen LogP contribution is 2.17. The molecule has 0 aliphatic rings. The number of rotatable bonds is 3. The number of aryl methyl sites for hydroxylation is 1. The third-order valence-electron chi connectivity index (χ3n) is 2.40. The number of nitrogens with two attached hydrogens (primary N) is 1. The zero-order valence-electron chi connectivity index (χ0n) is 9.43. The summed E-state index contributed by atoms with van der Waals surface area (Å²) in [5.41, 5.74) is 7.78. The number of nitrogens with one attached hydrogen (secondary N) is 1. The molecule has 3 N–H and O–H groups in total. The van der Waals surface area contributed by atoms with Gasteiger partial charge in [0.1, 0.15) is 5.69 Å². The van der Waals surface area contributed by atoms with E-state index in [1.54, 1.807) is 5.38 Å². The van der Waals surface area contributed by atoms with E-state index in [0.717, 1.165) is 17.7 Å². The standard InChI is InChI=1S/C12H13N3OS/c1-2-8-5-3-4-6-9(8)14-11(16)10-7-17-12(13)15-10/h3-7H,2H2,1H3,(H2,13,15)(H,14,16). The predicted octanol–water partition coefficient (Wildman–Crippen LogP) is 2.54. The summed E-state index contributed by atoms with van der Waals surface area (Å²) in [6, 6.07) is 7.72. The summed E-state index contributed by atoms with van der Waals surface area (Å²) in [6.45, 7) is 2.05. The molecule has 88 valence electrons. The summed E-state index contributed by atoms with van der Waals surface area (Å²) in [6.07, 6.45) is 0.871. The van der Waals surface area contributed by atoms with Gasteiger partial charge in [-0.15, -0.1) is 11.3 Å². The second kappa shape index (κ2) is 4.97. The molecule has 5 heteroatoms. The van der Waals surface area contributed by atoms with Gasteiger partial charge in [-0.3, -0.25) is 4.79 Å². The highest BCUT2D eigenvalue weighted by molar-refractivity contribution is 7.13. The summed E-state index contributed by atoms with van der Waals surface area (Å²) >= 11 is 1.26. The minimum absolute atomic E-state index is 0.223. The Kier molecular flexibility index (Phi) is 3.39. The van der Waals surface area contributed by atoms with Gasteiger partial charge in [0.15, 0.2) is 5.13 Å². The lowest BCUT2D eigenvalue weighted by molar-refractivity contribution is 0.102. The topological polar surface area (TPSA) is 68.0 Å². The fraction of sp³-hybridized carbons (Fsp3) is 0.167. The van der Waals surface area contributed by atoms with Gasteiger partial charge in [-0.25, -0.2) is 4.98 Å². The Bertz CT molecular complexity index is 536. The van der Waals surface area contributed by atoms with Crippen molar-refractivity contribution in [1.82, 2.24) is 4.98 Å². The van der Waals surface area contributed by atoms with Crippen molar-refractivity contribution in [2.45, 2.75) is 13.3 Å². The van der Waals surface area contributed by atoms with Gasteiger partial charge in [-0.05, 0) is 18.1 Å². The van der Waals surface area contributed by atoms with Crippen molar-refractivity contribution in [2.24, 2.45) is 0 Å². The Morgan fingerprint density at radius 1 is 1.47 bits per heavy atom. The normalized spacial score (nSPS) is 10.2. The lowest BCUT2D eigenvalue weighted by Crippen LogP contribution is -2.13. The molecule has 0 radical (unpaired) electrons. The van der Waals surface area contributed by atoms with Crippen molar-refractivity contribution in [3.05, 3.63) is 40.9 Å². The van der Waals surface area contributed by atoms with Gasteiger partial charge in [0.05, 0.1) is 0 Å². The fourth-order valence-electron chi connectivity index (χ4n) is 1.53. The van der Waals surface area contributed by atoms with Crippen LogP contribution in [0.15, 0.2) is 29.6 Å². The van der Waals surface area contributed by atoms with E-state index in [1.807, 2.05) is 31.2 Å². The van der Waals surface area contributed by atoms with Crippen molar-refractivity contribution >= 4 is 28.1 Å². The van der Waals surface area contributed by atoms with Crippen LogP contribution in [0.2, 0.25) is 0 Å². The first-order valence-electron chi connectivity index (χ1n) is 5.31. The van der Waals surface area contributed by atoms with Crippen molar-refractivity contribution in [3.63, 3.8) is 0 Å². The van der Waals surface area contributed by atoms with Gasteiger partial charge < -0.3 is 11.1 Å². The van der Waals surface area contributed by atoms with Crippen molar-refractivity contribution < 1.29 is 4.79 Å². The molecule has 0 atom stereocenters. The Labute approximate surface area is 103 Å². The molecule has 0 saturated heterocycles. The minimum atomic E-state index is -0.223. The molecule has 1 amide bonds. The van der Waals surface area contributed by atoms with Crippen molar-refractivity contribution in [3.8, 4) is 0 Å². The molecule has 4 nitrogen and oxygen atoms in total. The maximum atomic E-state index is 11.9. The minimum Gasteiger partial charge on any atom is -0.375 e. The molecule has 0 saturated carbocycles. The highest BCUT2D eigenvalue weighted by Gasteiger charge is 2.11. The molecule has 0 aliphatic carbocycles. The first kappa shape index (κ1) is 11.6. The fourth-order valence-corrected chi connectivity index (χ4v) is 2.07. The molecule has 0 spiro atoms. The smallest absolute Gasteiger partial charge is 0.275 e.